The number of hydrogen-bond donors (Lipinski definition) is 2. The second-order valence-corrected chi connectivity index (χ2v) is 13.2. The molecule has 1 heterocycles. The van der Waals surface area contributed by atoms with Gasteiger partial charge in [0.05, 0.1) is 12.1 Å². The summed E-state index contributed by atoms with van der Waals surface area (Å²) in [6.45, 7) is 7.26. The summed E-state index contributed by atoms with van der Waals surface area (Å²) in [5, 5.41) is 13.0. The summed E-state index contributed by atoms with van der Waals surface area (Å²) in [4.78, 5) is 37.5. The van der Waals surface area contributed by atoms with Crippen LogP contribution in [0.5, 0.6) is 0 Å². The molecule has 7 heteroatoms. The number of Topliss-reactive ketones (excluding diaryl/α,β-unsaturated/α-hetero) is 1. The number of ketones is 1. The second kappa shape index (κ2) is 12.8. The molecule has 3 aromatic carbocycles. The van der Waals surface area contributed by atoms with E-state index < -0.39 is 5.97 Å². The Labute approximate surface area is 258 Å². The molecule has 0 bridgehead atoms. The van der Waals surface area contributed by atoms with Crippen molar-refractivity contribution < 1.29 is 19.5 Å². The summed E-state index contributed by atoms with van der Waals surface area (Å²) in [5.41, 5.74) is 5.59. The van der Waals surface area contributed by atoms with Gasteiger partial charge in [-0.3, -0.25) is 14.4 Å². The van der Waals surface area contributed by atoms with Gasteiger partial charge < -0.3 is 15.0 Å². The largest absolute Gasteiger partial charge is 0.481 e. The maximum Gasteiger partial charge on any atom is 0.305 e. The number of halogens is 1. The van der Waals surface area contributed by atoms with Crippen LogP contribution in [0.15, 0.2) is 72.8 Å². The van der Waals surface area contributed by atoms with Crippen LogP contribution in [0.25, 0.3) is 10.9 Å². The number of rotatable bonds is 12. The van der Waals surface area contributed by atoms with Crippen LogP contribution < -0.4 is 5.32 Å². The minimum absolute atomic E-state index is 0.0644. The topological polar surface area (TPSA) is 88.4 Å². The lowest BCUT2D eigenvalue weighted by Crippen LogP contribution is -2.26. The van der Waals surface area contributed by atoms with Gasteiger partial charge in [0.25, 0.3) is 5.91 Å². The SMILES string of the molecule is CC(C)(C)c1ccc(Cn2c(C(=O)[C@@H](Cc3ccc(C(=O)NCCC(=O)O)cc3)CC3CC3)cc3cc(Cl)ccc32)cc1. The molecule has 0 spiro atoms. The molecule has 0 unspecified atom stereocenters. The molecular formula is C36H39ClN2O4. The zero-order chi connectivity index (χ0) is 30.7. The molecule has 0 radical (unpaired) electrons. The van der Waals surface area contributed by atoms with Crippen LogP contribution in [0.1, 0.15) is 84.0 Å². The minimum Gasteiger partial charge on any atom is -0.481 e. The van der Waals surface area contributed by atoms with Crippen LogP contribution in [0.3, 0.4) is 0 Å². The van der Waals surface area contributed by atoms with Crippen molar-refractivity contribution in [2.24, 2.45) is 11.8 Å². The molecule has 0 saturated heterocycles. The first-order chi connectivity index (χ1) is 20.5. The molecule has 4 aromatic rings. The Morgan fingerprint density at radius 2 is 1.63 bits per heavy atom. The smallest absolute Gasteiger partial charge is 0.305 e. The average Bonchev–Trinajstić information content (AvgIpc) is 3.72. The van der Waals surface area contributed by atoms with Gasteiger partial charge in [0, 0.05) is 40.5 Å². The van der Waals surface area contributed by atoms with Crippen molar-refractivity contribution in [2.75, 3.05) is 6.54 Å². The Hall–Kier alpha value is -3.90. The molecule has 0 aliphatic heterocycles. The fraction of sp³-hybridized carbons (Fsp3) is 0.361. The lowest BCUT2D eigenvalue weighted by molar-refractivity contribution is -0.136. The maximum absolute atomic E-state index is 14.3. The van der Waals surface area contributed by atoms with Crippen molar-refractivity contribution in [3.05, 3.63) is 106 Å². The van der Waals surface area contributed by atoms with Crippen LogP contribution in [-0.2, 0) is 23.2 Å². The predicted molar refractivity (Wildman–Crippen MR) is 171 cm³/mol. The number of aromatic nitrogens is 1. The number of carboxylic acid groups (broad SMARTS) is 1. The van der Waals surface area contributed by atoms with E-state index in [9.17, 15) is 14.4 Å². The zero-order valence-electron chi connectivity index (χ0n) is 25.0. The van der Waals surface area contributed by atoms with Crippen LogP contribution >= 0.6 is 11.6 Å². The number of carbonyl (C=O) groups is 3. The molecule has 6 nitrogen and oxygen atoms in total. The zero-order valence-corrected chi connectivity index (χ0v) is 25.8. The van der Waals surface area contributed by atoms with Gasteiger partial charge in [0.15, 0.2) is 5.78 Å². The van der Waals surface area contributed by atoms with E-state index in [1.54, 1.807) is 12.1 Å². The van der Waals surface area contributed by atoms with E-state index in [1.165, 1.54) is 5.56 Å². The summed E-state index contributed by atoms with van der Waals surface area (Å²) in [6.07, 6.45) is 3.59. The highest BCUT2D eigenvalue weighted by Crippen LogP contribution is 2.38. The van der Waals surface area contributed by atoms with Gasteiger partial charge in [-0.1, -0.05) is 81.6 Å². The summed E-state index contributed by atoms with van der Waals surface area (Å²) >= 11 is 6.36. The number of benzene rings is 3. The first-order valence-corrected chi connectivity index (χ1v) is 15.4. The lowest BCUT2D eigenvalue weighted by atomic mass is 9.86. The fourth-order valence-corrected chi connectivity index (χ4v) is 5.80. The third kappa shape index (κ3) is 7.74. The number of amides is 1. The standard InChI is InChI=1S/C36H39ClN2O4/c1-36(2,3)29-12-8-25(9-13-29)22-39-31-15-14-30(37)20-27(31)21-32(39)34(42)28(18-23-4-5-23)19-24-6-10-26(11-7-24)35(43)38-17-16-33(40)41/h6-15,20-21,23,28H,4-5,16-19,22H2,1-3H3,(H,38,43)(H,40,41)/t28-/m1/s1. The highest BCUT2D eigenvalue weighted by Gasteiger charge is 2.32. The van der Waals surface area contributed by atoms with Crippen molar-refractivity contribution >= 4 is 40.2 Å². The van der Waals surface area contributed by atoms with E-state index in [-0.39, 0.29) is 36.0 Å². The van der Waals surface area contributed by atoms with Gasteiger partial charge in [0.2, 0.25) is 0 Å². The van der Waals surface area contributed by atoms with Crippen molar-refractivity contribution in [2.45, 2.75) is 64.8 Å². The summed E-state index contributed by atoms with van der Waals surface area (Å²) < 4.78 is 2.13. The molecule has 1 atom stereocenters. The Morgan fingerprint density at radius 1 is 0.953 bits per heavy atom. The first kappa shape index (κ1) is 30.6. The van der Waals surface area contributed by atoms with Crippen molar-refractivity contribution in [1.29, 1.82) is 0 Å². The fourth-order valence-electron chi connectivity index (χ4n) is 5.62. The Bertz CT molecular complexity index is 1630. The number of carbonyl (C=O) groups excluding carboxylic acids is 2. The normalized spacial score (nSPS) is 14.0. The van der Waals surface area contributed by atoms with E-state index in [0.29, 0.717) is 35.2 Å². The van der Waals surface area contributed by atoms with Crippen LogP contribution in [0.4, 0.5) is 0 Å². The van der Waals surface area contributed by atoms with Crippen LogP contribution in [0.2, 0.25) is 5.02 Å². The number of carboxylic acids is 1. The third-order valence-corrected chi connectivity index (χ3v) is 8.52. The van der Waals surface area contributed by atoms with Gasteiger partial charge in [-0.15, -0.1) is 0 Å². The van der Waals surface area contributed by atoms with Gasteiger partial charge >= 0.3 is 5.97 Å². The molecule has 1 aliphatic rings. The van der Waals surface area contributed by atoms with Crippen molar-refractivity contribution in [1.82, 2.24) is 9.88 Å². The van der Waals surface area contributed by atoms with E-state index in [1.807, 2.05) is 36.4 Å². The molecule has 1 fully saturated rings. The van der Waals surface area contributed by atoms with E-state index in [4.69, 9.17) is 16.7 Å². The molecule has 1 saturated carbocycles. The van der Waals surface area contributed by atoms with Crippen molar-refractivity contribution in [3.63, 3.8) is 0 Å². The summed E-state index contributed by atoms with van der Waals surface area (Å²) in [7, 11) is 0. The predicted octanol–water partition coefficient (Wildman–Crippen LogP) is 7.69. The van der Waals surface area contributed by atoms with Gasteiger partial charge in [-0.05, 0) is 77.3 Å². The molecule has 5 rings (SSSR count). The molecule has 1 aliphatic carbocycles. The van der Waals surface area contributed by atoms with E-state index in [2.05, 4.69) is 54.9 Å². The molecular weight excluding hydrogens is 560 g/mol. The molecule has 43 heavy (non-hydrogen) atoms. The number of nitrogens with zero attached hydrogens (tertiary/aromatic N) is 1. The maximum atomic E-state index is 14.3. The highest BCUT2D eigenvalue weighted by atomic mass is 35.5. The first-order valence-electron chi connectivity index (χ1n) is 15.0. The Morgan fingerprint density at radius 3 is 2.26 bits per heavy atom. The monoisotopic (exact) mass is 598 g/mol. The number of hydrogen-bond acceptors (Lipinski definition) is 3. The van der Waals surface area contributed by atoms with Crippen LogP contribution in [0, 0.1) is 11.8 Å². The van der Waals surface area contributed by atoms with E-state index >= 15 is 0 Å². The molecule has 1 amide bonds. The number of nitrogens with one attached hydrogen (secondary N) is 1. The minimum atomic E-state index is -0.956. The van der Waals surface area contributed by atoms with Crippen LogP contribution in [-0.4, -0.2) is 33.9 Å². The highest BCUT2D eigenvalue weighted by molar-refractivity contribution is 6.31. The van der Waals surface area contributed by atoms with Crippen molar-refractivity contribution in [3.8, 4) is 0 Å². The van der Waals surface area contributed by atoms with Gasteiger partial charge in [-0.25, -0.2) is 0 Å². The van der Waals surface area contributed by atoms with E-state index in [0.717, 1.165) is 41.3 Å². The Kier molecular flexibility index (Phi) is 9.07. The summed E-state index contributed by atoms with van der Waals surface area (Å²) in [5.74, 6) is -0.768. The quantitative estimate of drug-likeness (QED) is 0.164. The molecule has 1 aromatic heterocycles. The number of aliphatic carboxylic acids is 1. The summed E-state index contributed by atoms with van der Waals surface area (Å²) in [6, 6.07) is 23.7. The third-order valence-electron chi connectivity index (χ3n) is 8.28. The molecule has 224 valence electrons. The average molecular weight is 599 g/mol. The van der Waals surface area contributed by atoms with Gasteiger partial charge in [-0.2, -0.15) is 0 Å². The van der Waals surface area contributed by atoms with Gasteiger partial charge in [0.1, 0.15) is 0 Å². The number of fused-ring (bicyclic) bond motifs is 1. The Balaban J connectivity index is 1.40. The second-order valence-electron chi connectivity index (χ2n) is 12.8. The molecule has 2 N–H and O–H groups in total. The lowest BCUT2D eigenvalue weighted by Gasteiger charge is -2.20.